The fraction of sp³-hybridized carbons (Fsp3) is 0. The number of hydrogen-bond acceptors (Lipinski definition) is 2. The van der Waals surface area contributed by atoms with Gasteiger partial charge in [-0.3, -0.25) is 0 Å². The lowest BCUT2D eigenvalue weighted by Gasteiger charge is -2.29. The van der Waals surface area contributed by atoms with Crippen LogP contribution in [-0.2, 0) is 0 Å². The van der Waals surface area contributed by atoms with Gasteiger partial charge in [0.1, 0.15) is 11.6 Å². The van der Waals surface area contributed by atoms with Gasteiger partial charge in [0.25, 0.3) is 0 Å². The lowest BCUT2D eigenvalue weighted by Crippen LogP contribution is -2.16. The van der Waals surface area contributed by atoms with E-state index in [1.165, 1.54) is 0 Å². The minimum Gasteiger partial charge on any atom is -0.306 e. The van der Waals surface area contributed by atoms with Crippen LogP contribution in [0.3, 0.4) is 0 Å². The highest BCUT2D eigenvalue weighted by Gasteiger charge is 2.36. The van der Waals surface area contributed by atoms with Crippen molar-refractivity contribution in [3.8, 4) is 46.0 Å². The molecule has 4 heterocycles. The highest BCUT2D eigenvalue weighted by molar-refractivity contribution is 6.19. The van der Waals surface area contributed by atoms with Crippen molar-refractivity contribution in [3.63, 3.8) is 0 Å². The Kier molecular flexibility index (Phi) is 21.5. The number of fused-ring (bicyclic) bond motifs is 12. The van der Waals surface area contributed by atoms with Crippen LogP contribution in [0.15, 0.2) is 413 Å². The first-order valence-corrected chi connectivity index (χ1v) is 44.7. The summed E-state index contributed by atoms with van der Waals surface area (Å²) in [5.74, 6) is 0. The molecule has 0 spiro atoms. The van der Waals surface area contributed by atoms with E-state index in [-0.39, 0.29) is 0 Å². The molecule has 0 saturated carbocycles. The van der Waals surface area contributed by atoms with Crippen molar-refractivity contribution in [1.29, 1.82) is 10.5 Å². The van der Waals surface area contributed by atoms with E-state index < -0.39 is 0 Å². The normalized spacial score (nSPS) is 12.1. The van der Waals surface area contributed by atoms with Crippen LogP contribution < -0.4 is 0 Å². The van der Waals surface area contributed by atoms with Gasteiger partial charge in [-0.1, -0.05) is 401 Å². The Labute approximate surface area is 766 Å². The number of rotatable bonds is 21. The second-order valence-corrected chi connectivity index (χ2v) is 33.5. The summed E-state index contributed by atoms with van der Waals surface area (Å²) in [4.78, 5) is 0. The topological polar surface area (TPSA) is 67.3 Å². The Morgan fingerprint density at radius 2 is 0.326 bits per heavy atom. The van der Waals surface area contributed by atoms with Gasteiger partial charge in [0.2, 0.25) is 0 Å². The average Bonchev–Trinajstić information content (AvgIpc) is 1.45. The molecule has 6 heteroatoms. The molecule has 132 heavy (non-hydrogen) atoms. The van der Waals surface area contributed by atoms with Crippen LogP contribution in [-0.4, -0.2) is 18.3 Å². The third-order valence-corrected chi connectivity index (χ3v) is 25.1. The number of hydrogen-bond donors (Lipinski definition) is 0. The molecular formula is C126H84N6. The fourth-order valence-corrected chi connectivity index (χ4v) is 18.7. The van der Waals surface area contributed by atoms with Gasteiger partial charge < -0.3 is 18.3 Å². The molecule has 22 rings (SSSR count). The number of benzene rings is 18. The molecule has 0 aliphatic carbocycles. The Balaban J connectivity index is 0.957. The maximum Gasteiger partial charge on any atom is 0.104 e. The summed E-state index contributed by atoms with van der Waals surface area (Å²) in [6.45, 7) is 0. The first-order chi connectivity index (χ1) is 65.3. The van der Waals surface area contributed by atoms with E-state index in [2.05, 4.69) is 528 Å². The molecule has 0 fully saturated rings. The van der Waals surface area contributed by atoms with Gasteiger partial charge in [0.05, 0.1) is 78.5 Å². The van der Waals surface area contributed by atoms with Gasteiger partial charge in [-0.2, -0.15) is 10.5 Å². The molecule has 618 valence electrons. The predicted octanol–water partition coefficient (Wildman–Crippen LogP) is 32.8. The van der Waals surface area contributed by atoms with Crippen molar-refractivity contribution in [2.24, 2.45) is 0 Å². The maximum atomic E-state index is 14.2. The zero-order valence-corrected chi connectivity index (χ0v) is 72.2. The molecule has 0 atom stereocenters. The van der Waals surface area contributed by atoms with Crippen molar-refractivity contribution in [2.45, 2.75) is 0 Å². The van der Waals surface area contributed by atoms with E-state index in [0.29, 0.717) is 22.5 Å². The minimum atomic E-state index is 0.400. The third-order valence-electron chi connectivity index (χ3n) is 25.1. The van der Waals surface area contributed by atoms with Gasteiger partial charge >= 0.3 is 0 Å². The van der Waals surface area contributed by atoms with Crippen LogP contribution in [0.5, 0.6) is 0 Å². The number of nitrogens with zero attached hydrogens (tertiary/aromatic N) is 6. The van der Waals surface area contributed by atoms with E-state index in [0.717, 1.165) is 199 Å². The van der Waals surface area contributed by atoms with Crippen molar-refractivity contribution in [3.05, 3.63) is 513 Å². The minimum absolute atomic E-state index is 0.400. The van der Waals surface area contributed by atoms with Crippen molar-refractivity contribution < 1.29 is 0 Å². The van der Waals surface area contributed by atoms with Crippen LogP contribution >= 0.6 is 0 Å². The van der Waals surface area contributed by atoms with Gasteiger partial charge in [-0.25, -0.2) is 0 Å². The Hall–Kier alpha value is -17.9. The lowest BCUT2D eigenvalue weighted by molar-refractivity contribution is 1.04. The van der Waals surface area contributed by atoms with Crippen LogP contribution in [0.25, 0.3) is 218 Å². The SMILES string of the molecule is N#Cc1ccc(-c2c(-n3c4ccc(C=Cc5ccccc5)cc4c4cc(C=Cc5ccccc5)ccc43)c(-n3c4ccc(C=Cc5ccccc5)cc4c4cc(C=Cc5ccccc5)ccc43)c(C#N)c(-n3c4ccc(C=Cc5ccccc5)cc4c4cc(C=Cc5ccccc5)ccc43)c2-n2c3ccc(C=Cc4ccccc4)cc3c3cc(C=Cc4ccccc4)ccc32)cc1. The van der Waals surface area contributed by atoms with Crippen LogP contribution in [0.2, 0.25) is 0 Å². The molecule has 0 saturated heterocycles. The van der Waals surface area contributed by atoms with E-state index >= 15 is 0 Å². The Morgan fingerprint density at radius 3 is 0.492 bits per heavy atom. The molecule has 4 aromatic heterocycles. The Morgan fingerprint density at radius 1 is 0.159 bits per heavy atom. The summed E-state index contributed by atoms with van der Waals surface area (Å²) in [6.07, 6.45) is 35.1. The number of aromatic nitrogens is 4. The standard InChI is InChI=1S/C126H84N6/c127-85-103-57-67-104(68-58-103)122-125(131-118-73-63-99(53-45-91-33-17-5-18-34-91)81-109(118)110-82-100(64-74-119(110)131)54-46-92-35-19-6-20-36-92)123(129-114-69-59-95(49-41-87-25-9-1-10-26-87)77-105(114)106-78-96(60-70-115(106)129)50-42-88-27-11-2-12-28-88)113(86-128)124(130-116-71-61-97(51-43-89-29-13-3-14-30-89)79-107(116)108-80-98(62-72-117(108)130)52-44-90-31-15-4-16-32-90)126(122)132-120-75-65-101(55-47-93-37-21-7-22-38-93)83-111(120)112-84-102(66-76-121(112)132)56-48-94-39-23-8-24-40-94/h1-84H. The fourth-order valence-electron chi connectivity index (χ4n) is 18.7. The highest BCUT2D eigenvalue weighted by Crippen LogP contribution is 2.53. The summed E-state index contributed by atoms with van der Waals surface area (Å²) < 4.78 is 9.76. The molecule has 0 radical (unpaired) electrons. The zero-order valence-electron chi connectivity index (χ0n) is 72.2. The smallest absolute Gasteiger partial charge is 0.104 e. The molecule has 18 aromatic carbocycles. The molecular weight excluding hydrogens is 1600 g/mol. The lowest BCUT2D eigenvalue weighted by atomic mass is 9.93. The molecule has 0 aliphatic heterocycles. The molecule has 0 aliphatic rings. The molecule has 6 nitrogen and oxygen atoms in total. The molecule has 0 bridgehead atoms. The summed E-state index contributed by atoms with van der Waals surface area (Å²) >= 11 is 0. The maximum absolute atomic E-state index is 14.2. The van der Waals surface area contributed by atoms with E-state index in [1.807, 2.05) is 12.1 Å². The van der Waals surface area contributed by atoms with Crippen LogP contribution in [0, 0.1) is 22.7 Å². The highest BCUT2D eigenvalue weighted by atomic mass is 15.1. The van der Waals surface area contributed by atoms with Crippen molar-refractivity contribution >= 4 is 184 Å². The van der Waals surface area contributed by atoms with E-state index in [9.17, 15) is 10.5 Å². The number of nitriles is 2. The quantitative estimate of drug-likeness (QED) is 0.0673. The monoisotopic (exact) mass is 1680 g/mol. The van der Waals surface area contributed by atoms with E-state index in [4.69, 9.17) is 0 Å². The van der Waals surface area contributed by atoms with Gasteiger partial charge in [0.15, 0.2) is 0 Å². The molecule has 0 unspecified atom stereocenters. The third kappa shape index (κ3) is 15.8. The summed E-state index contributed by atoms with van der Waals surface area (Å²) in [5.41, 5.74) is 29.1. The molecule has 0 N–H and O–H groups in total. The van der Waals surface area contributed by atoms with Gasteiger partial charge in [-0.05, 0) is 204 Å². The van der Waals surface area contributed by atoms with Crippen molar-refractivity contribution in [2.75, 3.05) is 0 Å². The van der Waals surface area contributed by atoms with Gasteiger partial charge in [-0.15, -0.1) is 0 Å². The summed E-state index contributed by atoms with van der Waals surface area (Å²) in [6, 6.07) is 152. The van der Waals surface area contributed by atoms with Crippen LogP contribution in [0.1, 0.15) is 100 Å². The van der Waals surface area contributed by atoms with Crippen molar-refractivity contribution in [1.82, 2.24) is 18.3 Å². The second kappa shape index (κ2) is 35.5. The first-order valence-electron chi connectivity index (χ1n) is 44.7. The summed E-state index contributed by atoms with van der Waals surface area (Å²) in [7, 11) is 0. The molecule has 22 aromatic rings. The predicted molar refractivity (Wildman–Crippen MR) is 562 cm³/mol. The van der Waals surface area contributed by atoms with Crippen LogP contribution in [0.4, 0.5) is 0 Å². The van der Waals surface area contributed by atoms with Gasteiger partial charge in [0, 0.05) is 48.7 Å². The Bertz CT molecular complexity index is 7660. The van der Waals surface area contributed by atoms with E-state index in [1.54, 1.807) is 0 Å². The first kappa shape index (κ1) is 79.9. The zero-order chi connectivity index (χ0) is 88.2. The second-order valence-electron chi connectivity index (χ2n) is 33.5. The largest absolute Gasteiger partial charge is 0.306 e. The average molecular weight is 1680 g/mol. The molecule has 0 amide bonds. The summed E-state index contributed by atoms with van der Waals surface area (Å²) in [5, 5.41) is 33.3.